The second-order valence-corrected chi connectivity index (χ2v) is 8.55. The molecule has 8 heteroatoms. The maximum atomic E-state index is 12.6. The number of carbonyl (C=O) groups excluding carboxylic acids is 1. The fraction of sp³-hybridized carbons (Fsp3) is 0.588. The van der Waals surface area contributed by atoms with Crippen LogP contribution < -0.4 is 10.1 Å². The zero-order valence-corrected chi connectivity index (χ0v) is 15.5. The van der Waals surface area contributed by atoms with Gasteiger partial charge >= 0.3 is 6.03 Å². The zero-order valence-electron chi connectivity index (χ0n) is 14.6. The minimum absolute atomic E-state index is 0.0310. The van der Waals surface area contributed by atoms with E-state index in [1.165, 1.54) is 4.90 Å². The van der Waals surface area contributed by atoms with E-state index in [-0.39, 0.29) is 36.7 Å². The molecule has 0 radical (unpaired) electrons. The van der Waals surface area contributed by atoms with Gasteiger partial charge in [0.2, 0.25) is 0 Å². The summed E-state index contributed by atoms with van der Waals surface area (Å²) in [7, 11) is -3.07. The van der Waals surface area contributed by atoms with E-state index >= 15 is 0 Å². The number of aliphatic hydroxyl groups excluding tert-OH is 1. The lowest BCUT2D eigenvalue weighted by Crippen LogP contribution is -2.47. The Balaban J connectivity index is 2.09. The molecule has 1 aliphatic heterocycles. The van der Waals surface area contributed by atoms with E-state index in [2.05, 4.69) is 5.32 Å². The number of nitrogens with one attached hydrogen (secondary N) is 1. The Morgan fingerprint density at radius 3 is 2.76 bits per heavy atom. The van der Waals surface area contributed by atoms with Crippen molar-refractivity contribution in [3.05, 3.63) is 29.8 Å². The van der Waals surface area contributed by atoms with Gasteiger partial charge in [-0.25, -0.2) is 13.2 Å². The Morgan fingerprint density at radius 2 is 2.16 bits per heavy atom. The normalized spacial score (nSPS) is 20.0. The monoisotopic (exact) mass is 370 g/mol. The van der Waals surface area contributed by atoms with Crippen LogP contribution >= 0.6 is 0 Å². The van der Waals surface area contributed by atoms with Crippen LogP contribution in [0.15, 0.2) is 24.3 Å². The molecule has 2 atom stereocenters. The highest BCUT2D eigenvalue weighted by Crippen LogP contribution is 2.20. The first-order valence-electron chi connectivity index (χ1n) is 8.45. The average Bonchev–Trinajstić information content (AvgIpc) is 2.87. The lowest BCUT2D eigenvalue weighted by molar-refractivity contribution is 0.128. The van der Waals surface area contributed by atoms with Crippen LogP contribution in [-0.4, -0.2) is 61.3 Å². The summed E-state index contributed by atoms with van der Waals surface area (Å²) in [6.45, 7) is 4.42. The molecular weight excluding hydrogens is 344 g/mol. The van der Waals surface area contributed by atoms with Gasteiger partial charge < -0.3 is 20.1 Å². The minimum Gasteiger partial charge on any atom is -0.494 e. The van der Waals surface area contributed by atoms with Crippen LogP contribution in [0.2, 0.25) is 0 Å². The lowest BCUT2D eigenvalue weighted by atomic mass is 10.2. The average molecular weight is 370 g/mol. The standard InChI is InChI=1S/C17H26N2O5S/c1-3-24-16-7-5-4-6-14(16)11-19(10-13(2)20)17(21)18-15-8-9-25(22,23)12-15/h4-7,13,15,20H,3,8-12H2,1-2H3,(H,18,21)/t13-,15+/m1/s1. The van der Waals surface area contributed by atoms with Crippen LogP contribution in [0.1, 0.15) is 25.8 Å². The van der Waals surface area contributed by atoms with Gasteiger partial charge in [0.1, 0.15) is 5.75 Å². The van der Waals surface area contributed by atoms with Gasteiger partial charge in [-0.15, -0.1) is 0 Å². The van der Waals surface area contributed by atoms with Crippen molar-refractivity contribution in [3.8, 4) is 5.75 Å². The topological polar surface area (TPSA) is 95.9 Å². The van der Waals surface area contributed by atoms with Crippen LogP contribution in [0.5, 0.6) is 5.75 Å². The van der Waals surface area contributed by atoms with Crippen LogP contribution in [0.3, 0.4) is 0 Å². The first-order chi connectivity index (χ1) is 11.8. The third kappa shape index (κ3) is 5.89. The van der Waals surface area contributed by atoms with Gasteiger partial charge in [-0.1, -0.05) is 18.2 Å². The summed E-state index contributed by atoms with van der Waals surface area (Å²) >= 11 is 0. The second kappa shape index (κ2) is 8.53. The van der Waals surface area contributed by atoms with Crippen LogP contribution in [-0.2, 0) is 16.4 Å². The number of carbonyl (C=O) groups is 1. The molecule has 0 unspecified atom stereocenters. The third-order valence-electron chi connectivity index (χ3n) is 3.97. The van der Waals surface area contributed by atoms with E-state index < -0.39 is 15.9 Å². The molecule has 1 saturated heterocycles. The zero-order chi connectivity index (χ0) is 18.4. The first-order valence-corrected chi connectivity index (χ1v) is 10.3. The Morgan fingerprint density at radius 1 is 1.44 bits per heavy atom. The SMILES string of the molecule is CCOc1ccccc1CN(C[C@@H](C)O)C(=O)N[C@H]1CCS(=O)(=O)C1. The molecular formula is C17H26N2O5S. The molecule has 0 aliphatic carbocycles. The summed E-state index contributed by atoms with van der Waals surface area (Å²) in [5.74, 6) is 0.759. The number of amides is 2. The smallest absolute Gasteiger partial charge is 0.318 e. The fourth-order valence-corrected chi connectivity index (χ4v) is 4.52. The lowest BCUT2D eigenvalue weighted by Gasteiger charge is -2.26. The molecule has 7 nitrogen and oxygen atoms in total. The van der Waals surface area contributed by atoms with Crippen molar-refractivity contribution in [1.82, 2.24) is 10.2 Å². The molecule has 25 heavy (non-hydrogen) atoms. The highest BCUT2D eigenvalue weighted by Gasteiger charge is 2.30. The van der Waals surface area contributed by atoms with E-state index in [9.17, 15) is 18.3 Å². The van der Waals surface area contributed by atoms with Crippen LogP contribution in [0.25, 0.3) is 0 Å². The second-order valence-electron chi connectivity index (χ2n) is 6.32. The summed E-state index contributed by atoms with van der Waals surface area (Å²) in [5, 5.41) is 12.5. The number of hydrogen-bond acceptors (Lipinski definition) is 5. The van der Waals surface area contributed by atoms with Crippen molar-refractivity contribution in [1.29, 1.82) is 0 Å². The van der Waals surface area contributed by atoms with Crippen molar-refractivity contribution in [3.63, 3.8) is 0 Å². The molecule has 1 aromatic rings. The number of benzene rings is 1. The van der Waals surface area contributed by atoms with Gasteiger partial charge in [-0.3, -0.25) is 0 Å². The minimum atomic E-state index is -3.07. The predicted octanol–water partition coefficient (Wildman–Crippen LogP) is 1.16. The predicted molar refractivity (Wildman–Crippen MR) is 95.3 cm³/mol. The van der Waals surface area contributed by atoms with E-state index in [0.29, 0.717) is 18.8 Å². The Bertz CT molecular complexity index is 690. The van der Waals surface area contributed by atoms with Gasteiger partial charge in [0.05, 0.1) is 30.8 Å². The Labute approximate surface area is 148 Å². The van der Waals surface area contributed by atoms with Crippen LogP contribution in [0.4, 0.5) is 4.79 Å². The third-order valence-corrected chi connectivity index (χ3v) is 5.73. The molecule has 2 rings (SSSR count). The molecule has 1 heterocycles. The van der Waals surface area contributed by atoms with Gasteiger partial charge in [-0.05, 0) is 26.3 Å². The summed E-state index contributed by atoms with van der Waals surface area (Å²) in [4.78, 5) is 14.1. The fourth-order valence-electron chi connectivity index (χ4n) is 2.85. The maximum Gasteiger partial charge on any atom is 0.318 e. The number of aliphatic hydroxyl groups is 1. The number of urea groups is 1. The van der Waals surface area contributed by atoms with Crippen molar-refractivity contribution < 1.29 is 23.1 Å². The Kier molecular flexibility index (Phi) is 6.66. The van der Waals surface area contributed by atoms with Crippen LogP contribution in [0, 0.1) is 0 Å². The molecule has 1 fully saturated rings. The summed E-state index contributed by atoms with van der Waals surface area (Å²) < 4.78 is 28.7. The first kappa shape index (κ1) is 19.5. The van der Waals surface area contributed by atoms with E-state index in [1.807, 2.05) is 31.2 Å². The Hall–Kier alpha value is -1.80. The quantitative estimate of drug-likeness (QED) is 0.751. The molecule has 1 aromatic carbocycles. The van der Waals surface area contributed by atoms with E-state index in [1.54, 1.807) is 6.92 Å². The van der Waals surface area contributed by atoms with Gasteiger partial charge in [0.15, 0.2) is 9.84 Å². The van der Waals surface area contributed by atoms with E-state index in [0.717, 1.165) is 5.56 Å². The molecule has 0 bridgehead atoms. The molecule has 0 aromatic heterocycles. The molecule has 2 amide bonds. The van der Waals surface area contributed by atoms with Gasteiger partial charge in [0, 0.05) is 18.2 Å². The largest absolute Gasteiger partial charge is 0.494 e. The number of sulfone groups is 1. The van der Waals surface area contributed by atoms with Gasteiger partial charge in [0.25, 0.3) is 0 Å². The number of rotatable bonds is 7. The summed E-state index contributed by atoms with van der Waals surface area (Å²) in [6, 6.07) is 6.66. The molecule has 0 saturated carbocycles. The van der Waals surface area contributed by atoms with Crippen molar-refractivity contribution in [2.75, 3.05) is 24.7 Å². The van der Waals surface area contributed by atoms with Crippen molar-refractivity contribution in [2.24, 2.45) is 0 Å². The van der Waals surface area contributed by atoms with Crippen molar-refractivity contribution >= 4 is 15.9 Å². The molecule has 2 N–H and O–H groups in total. The summed E-state index contributed by atoms with van der Waals surface area (Å²) in [6.07, 6.45) is -0.274. The molecule has 0 spiro atoms. The highest BCUT2D eigenvalue weighted by atomic mass is 32.2. The van der Waals surface area contributed by atoms with E-state index in [4.69, 9.17) is 4.74 Å². The molecule has 1 aliphatic rings. The summed E-state index contributed by atoms with van der Waals surface area (Å²) in [5.41, 5.74) is 0.833. The number of ether oxygens (including phenoxy) is 1. The number of hydrogen-bond donors (Lipinski definition) is 2. The van der Waals surface area contributed by atoms with Gasteiger partial charge in [-0.2, -0.15) is 0 Å². The molecule has 140 valence electrons. The number of para-hydroxylation sites is 1. The highest BCUT2D eigenvalue weighted by molar-refractivity contribution is 7.91. The maximum absolute atomic E-state index is 12.6. The number of nitrogens with zero attached hydrogens (tertiary/aromatic N) is 1. The van der Waals surface area contributed by atoms with Crippen molar-refractivity contribution in [2.45, 2.75) is 39.0 Å².